The van der Waals surface area contributed by atoms with Gasteiger partial charge in [-0.05, 0) is 23.3 Å². The molecule has 2 amide bonds. The molecule has 138 valence electrons. The first kappa shape index (κ1) is 18.7. The van der Waals surface area contributed by atoms with Crippen LogP contribution < -0.4 is 10.1 Å². The molecule has 1 aromatic rings. The van der Waals surface area contributed by atoms with E-state index in [0.717, 1.165) is 4.90 Å². The molecule has 2 N–H and O–H groups in total. The van der Waals surface area contributed by atoms with E-state index in [1.54, 1.807) is 24.3 Å². The number of amides is 2. The number of ether oxygens (including phenoxy) is 1. The smallest absolute Gasteiger partial charge is 0.352 e. The Morgan fingerprint density at radius 1 is 1.38 bits per heavy atom. The molecule has 0 aromatic heterocycles. The fourth-order valence-electron chi connectivity index (χ4n) is 2.84. The Hall–Kier alpha value is -2.04. The highest BCUT2D eigenvalue weighted by atomic mass is 79.9. The van der Waals surface area contributed by atoms with Gasteiger partial charge in [0.05, 0.1) is 0 Å². The van der Waals surface area contributed by atoms with Gasteiger partial charge < -0.3 is 19.7 Å². The molecule has 1 aromatic carbocycles. The summed E-state index contributed by atoms with van der Waals surface area (Å²) < 4.78 is 17.7. The molecule has 0 radical (unpaired) electrons. The zero-order chi connectivity index (χ0) is 18.8. The Morgan fingerprint density at radius 2 is 2.08 bits per heavy atom. The third-order valence-electron chi connectivity index (χ3n) is 4.00. The third kappa shape index (κ3) is 3.44. The molecule has 2 aliphatic rings. The standard InChI is InChI=1S/C16H15BrN2O6S/c17-6-9-8-26(24)15-12(14(21)19(15)13(9)16(22)23)18-11(20)7-25-10-4-2-1-3-5-10/h1-5,12,15H,6-8H2,(H,18,20)(H,22,23)/t12?,15-,26?/m0/s1. The molecule has 2 aliphatic heterocycles. The van der Waals surface area contributed by atoms with Crippen molar-refractivity contribution in [2.45, 2.75) is 11.4 Å². The van der Waals surface area contributed by atoms with E-state index in [9.17, 15) is 24.0 Å². The van der Waals surface area contributed by atoms with Crippen LogP contribution in [0.4, 0.5) is 0 Å². The Bertz CT molecular complexity index is 771. The molecule has 1 fully saturated rings. The highest BCUT2D eigenvalue weighted by Gasteiger charge is 2.60. The number of alkyl halides is 1. The molecular weight excluding hydrogens is 428 g/mol. The van der Waals surface area contributed by atoms with Crippen molar-refractivity contribution < 1.29 is 28.8 Å². The Balaban J connectivity index is 1.66. The number of rotatable bonds is 6. The highest BCUT2D eigenvalue weighted by molar-refractivity contribution is 9.09. The zero-order valence-electron chi connectivity index (χ0n) is 13.4. The minimum absolute atomic E-state index is 0.0359. The number of benzene rings is 1. The van der Waals surface area contributed by atoms with Crippen molar-refractivity contribution in [3.05, 3.63) is 41.6 Å². The normalized spacial score (nSPS) is 24.6. The van der Waals surface area contributed by atoms with Crippen LogP contribution in [-0.4, -0.2) is 61.4 Å². The molecule has 0 aliphatic carbocycles. The monoisotopic (exact) mass is 442 g/mol. The molecule has 3 atom stereocenters. The van der Waals surface area contributed by atoms with E-state index in [4.69, 9.17) is 4.74 Å². The van der Waals surface area contributed by atoms with Gasteiger partial charge in [-0.2, -0.15) is 0 Å². The molecule has 0 bridgehead atoms. The summed E-state index contributed by atoms with van der Waals surface area (Å²) in [5, 5.41) is 11.2. The quantitative estimate of drug-likeness (QED) is 0.369. The summed E-state index contributed by atoms with van der Waals surface area (Å²) in [7, 11) is 0. The number of nitrogens with one attached hydrogen (secondary N) is 1. The van der Waals surface area contributed by atoms with Crippen LogP contribution in [0.5, 0.6) is 5.75 Å². The molecule has 0 spiro atoms. The lowest BCUT2D eigenvalue weighted by Crippen LogP contribution is -2.75. The van der Waals surface area contributed by atoms with Gasteiger partial charge >= 0.3 is 5.97 Å². The van der Waals surface area contributed by atoms with Crippen LogP contribution in [0.25, 0.3) is 0 Å². The van der Waals surface area contributed by atoms with E-state index < -0.39 is 40.4 Å². The molecule has 3 rings (SSSR count). The van der Waals surface area contributed by atoms with E-state index in [2.05, 4.69) is 21.2 Å². The molecular formula is C16H15BrN2O6S. The lowest BCUT2D eigenvalue weighted by Gasteiger charge is -2.48. The molecule has 8 nitrogen and oxygen atoms in total. The number of carbonyl (C=O) groups is 3. The van der Waals surface area contributed by atoms with Crippen LogP contribution in [0.15, 0.2) is 41.6 Å². The summed E-state index contributed by atoms with van der Waals surface area (Å²) in [5.41, 5.74) is 0.222. The Morgan fingerprint density at radius 3 is 2.69 bits per heavy atom. The number of aliphatic carboxylic acids is 1. The van der Waals surface area contributed by atoms with Crippen LogP contribution in [-0.2, 0) is 25.6 Å². The average molecular weight is 443 g/mol. The van der Waals surface area contributed by atoms with Gasteiger partial charge in [0.2, 0.25) is 5.37 Å². The second-order valence-corrected chi connectivity index (χ2v) is 7.76. The number of carbonyl (C=O) groups excluding carboxylic acids is 2. The maximum absolute atomic E-state index is 12.4. The second-order valence-electron chi connectivity index (χ2n) is 5.66. The van der Waals surface area contributed by atoms with Crippen LogP contribution in [0.1, 0.15) is 0 Å². The van der Waals surface area contributed by atoms with Crippen molar-refractivity contribution in [1.29, 1.82) is 0 Å². The lowest BCUT2D eigenvalue weighted by atomic mass is 10.0. The zero-order valence-corrected chi connectivity index (χ0v) is 15.8. The number of hydrogen-bond acceptors (Lipinski definition) is 5. The second kappa shape index (κ2) is 7.68. The van der Waals surface area contributed by atoms with E-state index in [1.165, 1.54) is 0 Å². The van der Waals surface area contributed by atoms with E-state index in [0.29, 0.717) is 11.3 Å². The third-order valence-corrected chi connectivity index (χ3v) is 6.33. The van der Waals surface area contributed by atoms with Gasteiger partial charge in [0.25, 0.3) is 11.8 Å². The molecule has 2 heterocycles. The number of carboxylic acids is 1. The number of halogens is 1. The minimum Gasteiger partial charge on any atom is -0.614 e. The van der Waals surface area contributed by atoms with Crippen molar-refractivity contribution in [1.82, 2.24) is 10.2 Å². The molecule has 0 saturated carbocycles. The van der Waals surface area contributed by atoms with Crippen molar-refractivity contribution in [2.24, 2.45) is 0 Å². The van der Waals surface area contributed by atoms with Gasteiger partial charge in [-0.15, -0.1) is 0 Å². The number of β-lactam (4-membered cyclic amide) rings is 1. The van der Waals surface area contributed by atoms with Crippen molar-refractivity contribution in [3.8, 4) is 5.75 Å². The fraction of sp³-hybridized carbons (Fsp3) is 0.312. The molecule has 2 unspecified atom stereocenters. The van der Waals surface area contributed by atoms with Gasteiger partial charge in [0.15, 0.2) is 12.6 Å². The summed E-state index contributed by atoms with van der Waals surface area (Å²) in [5.74, 6) is -1.85. The molecule has 1 saturated heterocycles. The average Bonchev–Trinajstić information content (AvgIpc) is 2.64. The predicted octanol–water partition coefficient (Wildman–Crippen LogP) is 0.214. The van der Waals surface area contributed by atoms with E-state index >= 15 is 0 Å². The van der Waals surface area contributed by atoms with Crippen LogP contribution in [0.2, 0.25) is 0 Å². The summed E-state index contributed by atoms with van der Waals surface area (Å²) in [4.78, 5) is 36.9. The molecule has 10 heteroatoms. The number of para-hydroxylation sites is 1. The van der Waals surface area contributed by atoms with Crippen molar-refractivity contribution in [3.63, 3.8) is 0 Å². The van der Waals surface area contributed by atoms with Crippen LogP contribution in [0, 0.1) is 0 Å². The van der Waals surface area contributed by atoms with E-state index in [1.807, 2.05) is 6.07 Å². The summed E-state index contributed by atoms with van der Waals surface area (Å²) in [6.45, 7) is -0.304. The molecule has 26 heavy (non-hydrogen) atoms. The van der Waals surface area contributed by atoms with Gasteiger partial charge in [0.1, 0.15) is 17.2 Å². The first-order chi connectivity index (χ1) is 12.4. The van der Waals surface area contributed by atoms with Crippen molar-refractivity contribution in [2.75, 3.05) is 17.7 Å². The Kier molecular flexibility index (Phi) is 5.54. The Labute approximate surface area is 160 Å². The minimum atomic E-state index is -1.50. The first-order valence-electron chi connectivity index (χ1n) is 7.62. The number of carboxylic acid groups (broad SMARTS) is 1. The van der Waals surface area contributed by atoms with Gasteiger partial charge in [-0.25, -0.2) is 4.79 Å². The number of nitrogens with zero attached hydrogens (tertiary/aromatic N) is 1. The summed E-state index contributed by atoms with van der Waals surface area (Å²) >= 11 is 1.65. The van der Waals surface area contributed by atoms with Crippen LogP contribution in [0.3, 0.4) is 0 Å². The van der Waals surface area contributed by atoms with Crippen LogP contribution >= 0.6 is 15.9 Å². The number of hydrogen-bond donors (Lipinski definition) is 2. The fourth-order valence-corrected chi connectivity index (χ4v) is 5.25. The van der Waals surface area contributed by atoms with Gasteiger partial charge in [-0.1, -0.05) is 34.1 Å². The number of fused-ring (bicyclic) bond motifs is 1. The van der Waals surface area contributed by atoms with Crippen molar-refractivity contribution >= 4 is 44.9 Å². The SMILES string of the molecule is O=C(COc1ccccc1)NC1C(=O)N2C(C(=O)O)=C(CBr)C[S+]([O-])[C@@H]12. The topological polar surface area (TPSA) is 119 Å². The lowest BCUT2D eigenvalue weighted by molar-refractivity contribution is -0.151. The maximum Gasteiger partial charge on any atom is 0.352 e. The highest BCUT2D eigenvalue weighted by Crippen LogP contribution is 2.37. The summed E-state index contributed by atoms with van der Waals surface area (Å²) in [6.07, 6.45) is 0. The first-order valence-corrected chi connectivity index (χ1v) is 10.1. The van der Waals surface area contributed by atoms with Gasteiger partial charge in [0, 0.05) is 10.9 Å². The van der Waals surface area contributed by atoms with Gasteiger partial charge in [-0.3, -0.25) is 14.5 Å². The summed E-state index contributed by atoms with van der Waals surface area (Å²) in [6, 6.07) is 7.67. The van der Waals surface area contributed by atoms with E-state index in [-0.39, 0.29) is 23.4 Å². The predicted molar refractivity (Wildman–Crippen MR) is 96.0 cm³/mol. The maximum atomic E-state index is 12.4. The largest absolute Gasteiger partial charge is 0.614 e.